The van der Waals surface area contributed by atoms with E-state index in [9.17, 15) is 0 Å². The molecule has 2 aromatic rings. The van der Waals surface area contributed by atoms with Gasteiger partial charge in [0.1, 0.15) is 10.5 Å². The molecule has 17 heavy (non-hydrogen) atoms. The van der Waals surface area contributed by atoms with Gasteiger partial charge in [0.05, 0.1) is 0 Å². The van der Waals surface area contributed by atoms with E-state index in [0.717, 1.165) is 11.3 Å². The van der Waals surface area contributed by atoms with E-state index in [4.69, 9.17) is 29.6 Å². The van der Waals surface area contributed by atoms with Gasteiger partial charge in [-0.05, 0) is 24.6 Å². The first-order chi connectivity index (χ1) is 8.04. The molecule has 1 heterocycles. The maximum atomic E-state index is 6.03. The summed E-state index contributed by atoms with van der Waals surface area (Å²) in [7, 11) is 0. The van der Waals surface area contributed by atoms with Crippen LogP contribution in [-0.2, 0) is 0 Å². The molecular formula is C11H11ClN4S. The van der Waals surface area contributed by atoms with E-state index >= 15 is 0 Å². The molecule has 1 aromatic heterocycles. The van der Waals surface area contributed by atoms with Gasteiger partial charge in [0.25, 0.3) is 0 Å². The van der Waals surface area contributed by atoms with E-state index in [2.05, 4.69) is 15.3 Å². The molecule has 0 amide bonds. The van der Waals surface area contributed by atoms with Crippen LogP contribution in [0.5, 0.6) is 0 Å². The van der Waals surface area contributed by atoms with Gasteiger partial charge in [0, 0.05) is 16.8 Å². The zero-order valence-corrected chi connectivity index (χ0v) is 10.7. The lowest BCUT2D eigenvalue weighted by Gasteiger charge is -2.08. The highest BCUT2D eigenvalue weighted by Crippen LogP contribution is 2.22. The molecule has 1 aromatic carbocycles. The second kappa shape index (κ2) is 4.73. The van der Waals surface area contributed by atoms with E-state index < -0.39 is 0 Å². The molecule has 0 aliphatic carbocycles. The summed E-state index contributed by atoms with van der Waals surface area (Å²) in [6.07, 6.45) is 0. The van der Waals surface area contributed by atoms with Crippen molar-refractivity contribution in [3.8, 4) is 0 Å². The summed E-state index contributed by atoms with van der Waals surface area (Å²) in [4.78, 5) is 6.76. The number of nitrogens with one attached hydrogen (secondary N) is 2. The molecule has 88 valence electrons. The van der Waals surface area contributed by atoms with Crippen LogP contribution in [0.15, 0.2) is 24.3 Å². The summed E-state index contributed by atoms with van der Waals surface area (Å²) in [5.41, 5.74) is 7.45. The van der Waals surface area contributed by atoms with Crippen molar-refractivity contribution >= 4 is 41.3 Å². The number of hydrogen-bond acceptors (Lipinski definition) is 4. The smallest absolute Gasteiger partial charge is 0.200 e. The standard InChI is InChI=1S/C11H11ClN4S/c1-6-2-3-7(4-8(6)12)14-9-5-10(17)16-11(13)15-9/h2-5H,1H3,(H4,13,14,15,16,17). The van der Waals surface area contributed by atoms with Crippen LogP contribution in [0.25, 0.3) is 0 Å². The number of hydrogen-bond donors (Lipinski definition) is 3. The molecule has 0 fully saturated rings. The SMILES string of the molecule is Cc1ccc(Nc2cc(=S)nc(N)[nH]2)cc1Cl. The molecule has 0 atom stereocenters. The van der Waals surface area contributed by atoms with Crippen molar-refractivity contribution in [2.45, 2.75) is 6.92 Å². The molecule has 0 spiro atoms. The van der Waals surface area contributed by atoms with Crippen molar-refractivity contribution in [2.24, 2.45) is 0 Å². The first-order valence-corrected chi connectivity index (χ1v) is 5.73. The number of aromatic nitrogens is 2. The number of nitrogen functional groups attached to an aromatic ring is 1. The van der Waals surface area contributed by atoms with Crippen LogP contribution in [-0.4, -0.2) is 9.97 Å². The van der Waals surface area contributed by atoms with Gasteiger partial charge in [-0.25, -0.2) is 4.98 Å². The number of nitrogens with two attached hydrogens (primary N) is 1. The molecule has 0 aliphatic heterocycles. The third-order valence-electron chi connectivity index (χ3n) is 2.21. The minimum Gasteiger partial charge on any atom is -0.369 e. The predicted molar refractivity (Wildman–Crippen MR) is 73.3 cm³/mol. The number of aryl methyl sites for hydroxylation is 1. The Kier molecular flexibility index (Phi) is 3.31. The highest BCUT2D eigenvalue weighted by molar-refractivity contribution is 7.71. The van der Waals surface area contributed by atoms with E-state index in [1.165, 1.54) is 0 Å². The molecule has 0 saturated heterocycles. The fraction of sp³-hybridized carbons (Fsp3) is 0.0909. The lowest BCUT2D eigenvalue weighted by atomic mass is 10.2. The number of rotatable bonds is 2. The Labute approximate surface area is 109 Å². The van der Waals surface area contributed by atoms with Gasteiger partial charge in [-0.1, -0.05) is 29.9 Å². The zero-order valence-electron chi connectivity index (χ0n) is 9.12. The molecule has 2 rings (SSSR count). The Morgan fingerprint density at radius 2 is 2.18 bits per heavy atom. The predicted octanol–water partition coefficient (Wildman–Crippen LogP) is 3.43. The summed E-state index contributed by atoms with van der Waals surface area (Å²) in [6, 6.07) is 7.39. The first-order valence-electron chi connectivity index (χ1n) is 4.94. The lowest BCUT2D eigenvalue weighted by molar-refractivity contribution is 1.17. The molecule has 0 unspecified atom stereocenters. The molecular weight excluding hydrogens is 256 g/mol. The Bertz CT molecular complexity index is 609. The number of H-pyrrole nitrogens is 1. The number of nitrogens with zero attached hydrogens (tertiary/aromatic N) is 1. The molecule has 0 aliphatic rings. The van der Waals surface area contributed by atoms with Gasteiger partial charge < -0.3 is 16.0 Å². The van der Waals surface area contributed by atoms with E-state index in [1.807, 2.05) is 25.1 Å². The van der Waals surface area contributed by atoms with Crippen molar-refractivity contribution in [3.05, 3.63) is 39.5 Å². The first kappa shape index (κ1) is 11.9. The van der Waals surface area contributed by atoms with Gasteiger partial charge >= 0.3 is 0 Å². The molecule has 6 heteroatoms. The van der Waals surface area contributed by atoms with Gasteiger partial charge in [-0.3, -0.25) is 0 Å². The molecule has 0 radical (unpaired) electrons. The van der Waals surface area contributed by atoms with E-state index in [1.54, 1.807) is 6.07 Å². The second-order valence-corrected chi connectivity index (χ2v) is 4.43. The van der Waals surface area contributed by atoms with E-state index in [0.29, 0.717) is 15.5 Å². The lowest BCUT2D eigenvalue weighted by Crippen LogP contribution is -2.00. The van der Waals surface area contributed by atoms with E-state index in [-0.39, 0.29) is 5.95 Å². The van der Waals surface area contributed by atoms with Crippen LogP contribution in [0.3, 0.4) is 0 Å². The van der Waals surface area contributed by atoms with Gasteiger partial charge in [0.15, 0.2) is 5.95 Å². The van der Waals surface area contributed by atoms with Crippen LogP contribution in [0.4, 0.5) is 17.5 Å². The van der Waals surface area contributed by atoms with Gasteiger partial charge in [-0.15, -0.1) is 0 Å². The van der Waals surface area contributed by atoms with Crippen molar-refractivity contribution in [3.63, 3.8) is 0 Å². The number of halogens is 1. The monoisotopic (exact) mass is 266 g/mol. The van der Waals surface area contributed by atoms with Crippen LogP contribution in [0, 0.1) is 11.6 Å². The largest absolute Gasteiger partial charge is 0.369 e. The molecule has 0 saturated carbocycles. The molecule has 4 nitrogen and oxygen atoms in total. The van der Waals surface area contributed by atoms with Crippen molar-refractivity contribution in [1.82, 2.24) is 9.97 Å². The van der Waals surface area contributed by atoms with Crippen LogP contribution in [0.2, 0.25) is 5.02 Å². The number of aromatic amines is 1. The van der Waals surface area contributed by atoms with Crippen LogP contribution in [0.1, 0.15) is 5.56 Å². The minimum absolute atomic E-state index is 0.276. The Morgan fingerprint density at radius 3 is 2.82 bits per heavy atom. The average Bonchev–Trinajstić information content (AvgIpc) is 2.22. The quantitative estimate of drug-likeness (QED) is 0.729. The van der Waals surface area contributed by atoms with Gasteiger partial charge in [-0.2, -0.15) is 0 Å². The third-order valence-corrected chi connectivity index (χ3v) is 2.83. The summed E-state index contributed by atoms with van der Waals surface area (Å²) in [5.74, 6) is 0.959. The summed E-state index contributed by atoms with van der Waals surface area (Å²) < 4.78 is 0.432. The fourth-order valence-electron chi connectivity index (χ4n) is 1.37. The highest BCUT2D eigenvalue weighted by Gasteiger charge is 2.00. The summed E-state index contributed by atoms with van der Waals surface area (Å²) >= 11 is 11.0. The number of benzene rings is 1. The minimum atomic E-state index is 0.276. The maximum absolute atomic E-state index is 6.03. The topological polar surface area (TPSA) is 66.7 Å². The maximum Gasteiger partial charge on any atom is 0.200 e. The third kappa shape index (κ3) is 2.95. The Balaban J connectivity index is 2.31. The molecule has 0 bridgehead atoms. The second-order valence-electron chi connectivity index (χ2n) is 3.61. The normalized spacial score (nSPS) is 10.2. The number of anilines is 3. The fourth-order valence-corrected chi connectivity index (χ4v) is 1.77. The van der Waals surface area contributed by atoms with Crippen LogP contribution >= 0.6 is 23.8 Å². The highest BCUT2D eigenvalue weighted by atomic mass is 35.5. The Morgan fingerprint density at radius 1 is 1.41 bits per heavy atom. The summed E-state index contributed by atoms with van der Waals surface area (Å²) in [6.45, 7) is 1.95. The van der Waals surface area contributed by atoms with Crippen molar-refractivity contribution in [1.29, 1.82) is 0 Å². The van der Waals surface area contributed by atoms with Gasteiger partial charge in [0.2, 0.25) is 0 Å². The molecule has 4 N–H and O–H groups in total. The van der Waals surface area contributed by atoms with Crippen molar-refractivity contribution < 1.29 is 0 Å². The summed E-state index contributed by atoms with van der Waals surface area (Å²) in [5, 5.41) is 3.83. The van der Waals surface area contributed by atoms with Crippen molar-refractivity contribution in [2.75, 3.05) is 11.1 Å². The Hall–Kier alpha value is -1.59. The van der Waals surface area contributed by atoms with Crippen LogP contribution < -0.4 is 11.1 Å². The zero-order chi connectivity index (χ0) is 12.4. The average molecular weight is 267 g/mol.